The Morgan fingerprint density at radius 3 is 2.53 bits per heavy atom. The molecule has 2 N–H and O–H groups in total. The van der Waals surface area contributed by atoms with Crippen molar-refractivity contribution in [1.82, 2.24) is 14.8 Å². The molecule has 5 heteroatoms. The molecule has 4 nitrogen and oxygen atoms in total. The summed E-state index contributed by atoms with van der Waals surface area (Å²) in [4.78, 5) is 4.29. The van der Waals surface area contributed by atoms with Gasteiger partial charge < -0.3 is 5.73 Å². The SMILES string of the molecule is Nc1cn(-c2ccc(Br)cn2)nc1-c1ccccc1. The zero-order valence-corrected chi connectivity index (χ0v) is 11.6. The first kappa shape index (κ1) is 11.9. The molecule has 0 aliphatic rings. The van der Waals surface area contributed by atoms with Crippen molar-refractivity contribution in [3.05, 3.63) is 59.3 Å². The molecule has 3 rings (SSSR count). The average molecular weight is 315 g/mol. The molecular formula is C14H11BrN4. The highest BCUT2D eigenvalue weighted by Gasteiger charge is 2.09. The smallest absolute Gasteiger partial charge is 0.153 e. The fraction of sp³-hybridized carbons (Fsp3) is 0. The van der Waals surface area contributed by atoms with Crippen molar-refractivity contribution in [2.45, 2.75) is 0 Å². The third kappa shape index (κ3) is 2.37. The number of rotatable bonds is 2. The fourth-order valence-corrected chi connectivity index (χ4v) is 2.06. The van der Waals surface area contributed by atoms with Crippen LogP contribution in [0.1, 0.15) is 0 Å². The first-order valence-electron chi connectivity index (χ1n) is 5.76. The standard InChI is InChI=1S/C14H11BrN4/c15-11-6-7-13(17-8-11)19-9-12(16)14(18-19)10-4-2-1-3-5-10/h1-9H,16H2. The number of aromatic nitrogens is 3. The van der Waals surface area contributed by atoms with Crippen molar-refractivity contribution in [2.75, 3.05) is 5.73 Å². The maximum Gasteiger partial charge on any atom is 0.153 e. The lowest BCUT2D eigenvalue weighted by molar-refractivity contribution is 0.849. The van der Waals surface area contributed by atoms with Gasteiger partial charge in [-0.2, -0.15) is 5.10 Å². The van der Waals surface area contributed by atoms with Crippen molar-refractivity contribution >= 4 is 21.6 Å². The molecule has 3 aromatic rings. The largest absolute Gasteiger partial charge is 0.396 e. The highest BCUT2D eigenvalue weighted by atomic mass is 79.9. The average Bonchev–Trinajstić information content (AvgIpc) is 2.83. The summed E-state index contributed by atoms with van der Waals surface area (Å²) < 4.78 is 2.61. The Balaban J connectivity index is 2.04. The Morgan fingerprint density at radius 1 is 1.05 bits per heavy atom. The predicted octanol–water partition coefficient (Wildman–Crippen LogP) is 3.28. The van der Waals surface area contributed by atoms with E-state index in [4.69, 9.17) is 5.73 Å². The van der Waals surface area contributed by atoms with Gasteiger partial charge in [0.25, 0.3) is 0 Å². The van der Waals surface area contributed by atoms with Crippen LogP contribution in [0.5, 0.6) is 0 Å². The van der Waals surface area contributed by atoms with Crippen LogP contribution in [-0.2, 0) is 0 Å². The summed E-state index contributed by atoms with van der Waals surface area (Å²) in [7, 11) is 0. The third-order valence-electron chi connectivity index (χ3n) is 2.74. The van der Waals surface area contributed by atoms with Gasteiger partial charge in [0.05, 0.1) is 11.9 Å². The first-order chi connectivity index (χ1) is 9.24. The minimum Gasteiger partial charge on any atom is -0.396 e. The molecule has 0 saturated heterocycles. The Hall–Kier alpha value is -2.14. The number of nitrogens with zero attached hydrogens (tertiary/aromatic N) is 3. The number of anilines is 1. The minimum absolute atomic E-state index is 0.635. The molecule has 0 saturated carbocycles. The van der Waals surface area contributed by atoms with Gasteiger partial charge in [-0.25, -0.2) is 9.67 Å². The summed E-state index contributed by atoms with van der Waals surface area (Å²) in [5.41, 5.74) is 8.42. The Kier molecular flexibility index (Phi) is 3.05. The maximum atomic E-state index is 6.02. The normalized spacial score (nSPS) is 10.6. The van der Waals surface area contributed by atoms with E-state index < -0.39 is 0 Å². The number of halogens is 1. The number of nitrogen functional groups attached to an aromatic ring is 1. The number of hydrogen-bond donors (Lipinski definition) is 1. The van der Waals surface area contributed by atoms with E-state index in [0.29, 0.717) is 5.69 Å². The number of pyridine rings is 1. The molecule has 94 valence electrons. The van der Waals surface area contributed by atoms with Gasteiger partial charge >= 0.3 is 0 Å². The van der Waals surface area contributed by atoms with Crippen molar-refractivity contribution in [1.29, 1.82) is 0 Å². The monoisotopic (exact) mass is 314 g/mol. The first-order valence-corrected chi connectivity index (χ1v) is 6.56. The third-order valence-corrected chi connectivity index (χ3v) is 3.21. The van der Waals surface area contributed by atoms with E-state index in [-0.39, 0.29) is 0 Å². The van der Waals surface area contributed by atoms with Gasteiger partial charge in [0.15, 0.2) is 5.82 Å². The van der Waals surface area contributed by atoms with Crippen LogP contribution in [0.4, 0.5) is 5.69 Å². The minimum atomic E-state index is 0.635. The lowest BCUT2D eigenvalue weighted by atomic mass is 10.1. The Bertz CT molecular complexity index is 689. The molecule has 0 aliphatic heterocycles. The van der Waals surface area contributed by atoms with Gasteiger partial charge in [0.1, 0.15) is 5.69 Å². The van der Waals surface area contributed by atoms with Crippen LogP contribution in [-0.4, -0.2) is 14.8 Å². The Morgan fingerprint density at radius 2 is 1.84 bits per heavy atom. The fourth-order valence-electron chi connectivity index (χ4n) is 1.83. The topological polar surface area (TPSA) is 56.7 Å². The quantitative estimate of drug-likeness (QED) is 0.789. The van der Waals surface area contributed by atoms with E-state index in [0.717, 1.165) is 21.5 Å². The molecule has 0 amide bonds. The zero-order chi connectivity index (χ0) is 13.2. The maximum absolute atomic E-state index is 6.02. The molecule has 0 atom stereocenters. The molecule has 0 fully saturated rings. The molecule has 1 aromatic carbocycles. The van der Waals surface area contributed by atoms with Crippen LogP contribution < -0.4 is 5.73 Å². The predicted molar refractivity (Wildman–Crippen MR) is 78.9 cm³/mol. The highest BCUT2D eigenvalue weighted by Crippen LogP contribution is 2.24. The van der Waals surface area contributed by atoms with E-state index in [1.54, 1.807) is 17.1 Å². The van der Waals surface area contributed by atoms with Crippen LogP contribution in [0, 0.1) is 0 Å². The molecule has 0 aliphatic carbocycles. The van der Waals surface area contributed by atoms with Gasteiger partial charge in [-0.15, -0.1) is 0 Å². The van der Waals surface area contributed by atoms with Gasteiger partial charge in [0, 0.05) is 16.2 Å². The molecule has 0 spiro atoms. The van der Waals surface area contributed by atoms with Gasteiger partial charge in [0.2, 0.25) is 0 Å². The number of nitrogens with two attached hydrogens (primary N) is 1. The molecule has 19 heavy (non-hydrogen) atoms. The number of benzene rings is 1. The van der Waals surface area contributed by atoms with Crippen molar-refractivity contribution in [3.8, 4) is 17.1 Å². The van der Waals surface area contributed by atoms with Crippen LogP contribution in [0.3, 0.4) is 0 Å². The second-order valence-corrected chi connectivity index (χ2v) is 4.99. The summed E-state index contributed by atoms with van der Waals surface area (Å²) in [5.74, 6) is 0.733. The molecule has 0 radical (unpaired) electrons. The molecular weight excluding hydrogens is 304 g/mol. The summed E-state index contributed by atoms with van der Waals surface area (Å²) >= 11 is 3.36. The summed E-state index contributed by atoms with van der Waals surface area (Å²) in [5, 5.41) is 4.49. The van der Waals surface area contributed by atoms with Crippen molar-refractivity contribution in [3.63, 3.8) is 0 Å². The highest BCUT2D eigenvalue weighted by molar-refractivity contribution is 9.10. The summed E-state index contributed by atoms with van der Waals surface area (Å²) in [6.07, 6.45) is 3.51. The van der Waals surface area contributed by atoms with Crippen LogP contribution in [0.15, 0.2) is 59.3 Å². The van der Waals surface area contributed by atoms with E-state index in [9.17, 15) is 0 Å². The van der Waals surface area contributed by atoms with Gasteiger partial charge in [-0.3, -0.25) is 0 Å². The molecule has 2 aromatic heterocycles. The van der Waals surface area contributed by atoms with E-state index in [1.165, 1.54) is 0 Å². The van der Waals surface area contributed by atoms with Crippen LogP contribution in [0.2, 0.25) is 0 Å². The van der Waals surface area contributed by atoms with Crippen molar-refractivity contribution < 1.29 is 0 Å². The second-order valence-electron chi connectivity index (χ2n) is 4.08. The molecule has 0 unspecified atom stereocenters. The number of hydrogen-bond acceptors (Lipinski definition) is 3. The Labute approximate surface area is 119 Å². The molecule has 0 bridgehead atoms. The summed E-state index contributed by atoms with van der Waals surface area (Å²) in [6.45, 7) is 0. The van der Waals surface area contributed by atoms with Crippen LogP contribution in [0.25, 0.3) is 17.1 Å². The lowest BCUT2D eigenvalue weighted by Gasteiger charge is -1.99. The molecule has 2 heterocycles. The zero-order valence-electron chi connectivity index (χ0n) is 9.99. The van der Waals surface area contributed by atoms with E-state index in [2.05, 4.69) is 26.0 Å². The van der Waals surface area contributed by atoms with E-state index >= 15 is 0 Å². The van der Waals surface area contributed by atoms with Crippen molar-refractivity contribution in [2.24, 2.45) is 0 Å². The van der Waals surface area contributed by atoms with Crippen LogP contribution >= 0.6 is 15.9 Å². The summed E-state index contributed by atoms with van der Waals surface area (Å²) in [6, 6.07) is 13.7. The van der Waals surface area contributed by atoms with E-state index in [1.807, 2.05) is 42.5 Å². The second kappa shape index (κ2) is 4.85. The lowest BCUT2D eigenvalue weighted by Crippen LogP contribution is -1.97. The van der Waals surface area contributed by atoms with Gasteiger partial charge in [-0.1, -0.05) is 30.3 Å². The van der Waals surface area contributed by atoms with Gasteiger partial charge in [-0.05, 0) is 28.1 Å².